The van der Waals surface area contributed by atoms with Crippen molar-refractivity contribution in [3.8, 4) is 0 Å². The maximum Gasteiger partial charge on any atom is 0.223 e. The van der Waals surface area contributed by atoms with E-state index in [9.17, 15) is 0 Å². The second-order valence-electron chi connectivity index (χ2n) is 2.84. The van der Waals surface area contributed by atoms with Gasteiger partial charge in [-0.25, -0.2) is 9.97 Å². The molecule has 0 saturated carbocycles. The van der Waals surface area contributed by atoms with Crippen LogP contribution in [-0.2, 0) is 5.75 Å². The van der Waals surface area contributed by atoms with Gasteiger partial charge in [-0.1, -0.05) is 11.8 Å². The quantitative estimate of drug-likeness (QED) is 0.634. The number of anilines is 1. The molecule has 78 valence electrons. The molecule has 2 heterocycles. The predicted octanol–water partition coefficient (Wildman–Crippen LogP) is 2.40. The van der Waals surface area contributed by atoms with Gasteiger partial charge in [0.25, 0.3) is 0 Å². The van der Waals surface area contributed by atoms with Crippen molar-refractivity contribution in [2.24, 2.45) is 0 Å². The van der Waals surface area contributed by atoms with E-state index in [0.29, 0.717) is 5.95 Å². The molecule has 2 aromatic heterocycles. The normalized spacial score (nSPS) is 10.2. The highest BCUT2D eigenvalue weighted by Gasteiger charge is 2.00. The predicted molar refractivity (Wildman–Crippen MR) is 59.8 cm³/mol. The van der Waals surface area contributed by atoms with Crippen LogP contribution in [0.25, 0.3) is 0 Å². The molecule has 4 nitrogen and oxygen atoms in total. The maximum absolute atomic E-state index is 5.23. The van der Waals surface area contributed by atoms with Gasteiger partial charge in [-0.15, -0.1) is 0 Å². The van der Waals surface area contributed by atoms with Crippen molar-refractivity contribution >= 4 is 17.7 Å². The highest BCUT2D eigenvalue weighted by Crippen LogP contribution is 2.21. The summed E-state index contributed by atoms with van der Waals surface area (Å²) < 4.78 is 5.23. The number of thioether (sulfide) groups is 1. The smallest absolute Gasteiger partial charge is 0.223 e. The fraction of sp³-hybridized carbons (Fsp3) is 0.200. The zero-order chi connectivity index (χ0) is 10.5. The Kier molecular flexibility index (Phi) is 3.24. The van der Waals surface area contributed by atoms with E-state index in [1.165, 1.54) is 0 Å². The molecule has 0 unspecified atom stereocenters. The van der Waals surface area contributed by atoms with E-state index in [1.807, 2.05) is 18.2 Å². The average Bonchev–Trinajstić information content (AvgIpc) is 2.79. The fourth-order valence-electron chi connectivity index (χ4n) is 1.08. The van der Waals surface area contributed by atoms with Crippen molar-refractivity contribution < 1.29 is 4.42 Å². The molecule has 0 spiro atoms. The van der Waals surface area contributed by atoms with Gasteiger partial charge in [0.15, 0.2) is 0 Å². The third-order valence-electron chi connectivity index (χ3n) is 1.80. The van der Waals surface area contributed by atoms with E-state index in [1.54, 1.807) is 31.3 Å². The summed E-state index contributed by atoms with van der Waals surface area (Å²) in [4.78, 5) is 8.33. The summed E-state index contributed by atoms with van der Waals surface area (Å²) in [6.45, 7) is 0. The lowest BCUT2D eigenvalue weighted by molar-refractivity contribution is 0.530. The SMILES string of the molecule is CNc1nccc(SCc2ccco2)n1. The van der Waals surface area contributed by atoms with Gasteiger partial charge in [-0.3, -0.25) is 0 Å². The third kappa shape index (κ3) is 2.73. The van der Waals surface area contributed by atoms with Gasteiger partial charge in [0.05, 0.1) is 12.0 Å². The van der Waals surface area contributed by atoms with Crippen molar-refractivity contribution in [2.75, 3.05) is 12.4 Å². The van der Waals surface area contributed by atoms with Crippen LogP contribution in [0.1, 0.15) is 5.76 Å². The first-order valence-corrected chi connectivity index (χ1v) is 5.53. The number of hydrogen-bond donors (Lipinski definition) is 1. The lowest BCUT2D eigenvalue weighted by atomic mass is 10.5. The molecule has 0 fully saturated rings. The molecular formula is C10H11N3OS. The lowest BCUT2D eigenvalue weighted by Gasteiger charge is -2.01. The molecule has 0 aromatic carbocycles. The summed E-state index contributed by atoms with van der Waals surface area (Å²) >= 11 is 1.62. The van der Waals surface area contributed by atoms with Gasteiger partial charge >= 0.3 is 0 Å². The van der Waals surface area contributed by atoms with Crippen LogP contribution in [0.15, 0.2) is 40.1 Å². The Balaban J connectivity index is 1.98. The Labute approximate surface area is 92.1 Å². The summed E-state index contributed by atoms with van der Waals surface area (Å²) in [6.07, 6.45) is 3.41. The van der Waals surface area contributed by atoms with Crippen LogP contribution < -0.4 is 5.32 Å². The van der Waals surface area contributed by atoms with Gasteiger partial charge in [0, 0.05) is 13.2 Å². The van der Waals surface area contributed by atoms with Crippen LogP contribution in [0.3, 0.4) is 0 Å². The molecule has 0 atom stereocenters. The second kappa shape index (κ2) is 4.84. The molecule has 2 aromatic rings. The highest BCUT2D eigenvalue weighted by atomic mass is 32.2. The zero-order valence-corrected chi connectivity index (χ0v) is 9.12. The minimum absolute atomic E-state index is 0.638. The number of aromatic nitrogens is 2. The molecule has 0 aliphatic rings. The Morgan fingerprint density at radius 2 is 2.40 bits per heavy atom. The van der Waals surface area contributed by atoms with Crippen molar-refractivity contribution in [2.45, 2.75) is 10.8 Å². The Morgan fingerprint density at radius 1 is 1.47 bits per heavy atom. The monoisotopic (exact) mass is 221 g/mol. The summed E-state index contributed by atoms with van der Waals surface area (Å²) in [7, 11) is 1.80. The minimum atomic E-state index is 0.638. The van der Waals surface area contributed by atoms with Crippen molar-refractivity contribution in [1.82, 2.24) is 9.97 Å². The number of furan rings is 1. The van der Waals surface area contributed by atoms with Crippen molar-refractivity contribution in [3.05, 3.63) is 36.4 Å². The summed E-state index contributed by atoms with van der Waals surface area (Å²) in [5.74, 6) is 2.37. The van der Waals surface area contributed by atoms with Gasteiger partial charge in [-0.2, -0.15) is 0 Å². The Bertz CT molecular complexity index is 416. The first-order chi connectivity index (χ1) is 7.38. The van der Waals surface area contributed by atoms with E-state index in [2.05, 4.69) is 15.3 Å². The van der Waals surface area contributed by atoms with Crippen LogP contribution in [0.5, 0.6) is 0 Å². The molecule has 0 aliphatic heterocycles. The topological polar surface area (TPSA) is 51.0 Å². The lowest BCUT2D eigenvalue weighted by Crippen LogP contribution is -1.95. The molecular weight excluding hydrogens is 210 g/mol. The Hall–Kier alpha value is -1.49. The molecule has 0 radical (unpaired) electrons. The molecule has 2 rings (SSSR count). The van der Waals surface area contributed by atoms with E-state index >= 15 is 0 Å². The summed E-state index contributed by atoms with van der Waals surface area (Å²) in [6, 6.07) is 5.72. The highest BCUT2D eigenvalue weighted by molar-refractivity contribution is 7.98. The van der Waals surface area contributed by atoms with E-state index in [4.69, 9.17) is 4.42 Å². The van der Waals surface area contributed by atoms with Crippen LogP contribution in [0.4, 0.5) is 5.95 Å². The average molecular weight is 221 g/mol. The van der Waals surface area contributed by atoms with Crippen LogP contribution in [0.2, 0.25) is 0 Å². The number of nitrogens with one attached hydrogen (secondary N) is 1. The number of hydrogen-bond acceptors (Lipinski definition) is 5. The minimum Gasteiger partial charge on any atom is -0.468 e. The maximum atomic E-state index is 5.23. The van der Waals surface area contributed by atoms with E-state index in [0.717, 1.165) is 16.5 Å². The van der Waals surface area contributed by atoms with E-state index in [-0.39, 0.29) is 0 Å². The van der Waals surface area contributed by atoms with Gasteiger partial charge in [-0.05, 0) is 18.2 Å². The van der Waals surface area contributed by atoms with Crippen LogP contribution in [-0.4, -0.2) is 17.0 Å². The molecule has 5 heteroatoms. The van der Waals surface area contributed by atoms with Gasteiger partial charge < -0.3 is 9.73 Å². The summed E-state index contributed by atoms with van der Waals surface area (Å²) in [5.41, 5.74) is 0. The Morgan fingerprint density at radius 3 is 3.13 bits per heavy atom. The van der Waals surface area contributed by atoms with Gasteiger partial charge in [0.2, 0.25) is 5.95 Å². The van der Waals surface area contributed by atoms with E-state index < -0.39 is 0 Å². The standard InChI is InChI=1S/C10H11N3OS/c1-11-10-12-5-4-9(13-10)15-7-8-3-2-6-14-8/h2-6H,7H2,1H3,(H,11,12,13). The van der Waals surface area contributed by atoms with Crippen LogP contribution >= 0.6 is 11.8 Å². The molecule has 0 bridgehead atoms. The fourth-order valence-corrected chi connectivity index (χ4v) is 1.85. The number of nitrogens with zero attached hydrogens (tertiary/aromatic N) is 2. The first-order valence-electron chi connectivity index (χ1n) is 4.54. The van der Waals surface area contributed by atoms with Gasteiger partial charge in [0.1, 0.15) is 10.8 Å². The second-order valence-corrected chi connectivity index (χ2v) is 3.83. The number of rotatable bonds is 4. The molecule has 0 aliphatic carbocycles. The third-order valence-corrected chi connectivity index (χ3v) is 2.75. The molecule has 15 heavy (non-hydrogen) atoms. The zero-order valence-electron chi connectivity index (χ0n) is 8.30. The summed E-state index contributed by atoms with van der Waals surface area (Å²) in [5, 5.41) is 3.84. The largest absolute Gasteiger partial charge is 0.468 e. The molecule has 0 amide bonds. The van der Waals surface area contributed by atoms with Crippen LogP contribution in [0, 0.1) is 0 Å². The molecule has 0 saturated heterocycles. The van der Waals surface area contributed by atoms with Crippen molar-refractivity contribution in [3.63, 3.8) is 0 Å². The van der Waals surface area contributed by atoms with Crippen molar-refractivity contribution in [1.29, 1.82) is 0 Å². The molecule has 1 N–H and O–H groups in total. The first kappa shape index (κ1) is 10.0.